The molecule has 0 bridgehead atoms. The molecule has 198 valence electrons. The number of hydrogen-bond acceptors (Lipinski definition) is 2. The number of nitrogens with one attached hydrogen (secondary N) is 1. The van der Waals surface area contributed by atoms with Crippen molar-refractivity contribution >= 4 is 11.7 Å². The SMILES string of the molecule is CC(C)C(=NC(=N)N1CCOCC1)c1ccc2c(c1)C(C)(C)c1cc3c(cc1-2)C(C)(C)C(C)(C)C3(C)C. The van der Waals surface area contributed by atoms with E-state index in [9.17, 15) is 0 Å². The van der Waals surface area contributed by atoms with Crippen molar-refractivity contribution in [1.29, 1.82) is 5.41 Å². The molecular formula is C33H45N3O. The van der Waals surface area contributed by atoms with Crippen LogP contribution >= 0.6 is 0 Å². The second-order valence-corrected chi connectivity index (χ2v) is 13.8. The fraction of sp³-hybridized carbons (Fsp3) is 0.576. The number of hydrogen-bond donors (Lipinski definition) is 1. The Bertz CT molecular complexity index is 1300. The van der Waals surface area contributed by atoms with Crippen LogP contribution in [0.3, 0.4) is 0 Å². The summed E-state index contributed by atoms with van der Waals surface area (Å²) in [5.74, 6) is 0.567. The van der Waals surface area contributed by atoms with E-state index in [4.69, 9.17) is 15.1 Å². The van der Waals surface area contributed by atoms with Gasteiger partial charge in [-0.3, -0.25) is 5.41 Å². The third kappa shape index (κ3) is 3.58. The van der Waals surface area contributed by atoms with Gasteiger partial charge in [0.2, 0.25) is 5.96 Å². The highest BCUT2D eigenvalue weighted by atomic mass is 16.5. The third-order valence-electron chi connectivity index (χ3n) is 10.7. The van der Waals surface area contributed by atoms with Crippen molar-refractivity contribution in [1.82, 2.24) is 4.90 Å². The minimum Gasteiger partial charge on any atom is -0.378 e. The van der Waals surface area contributed by atoms with Gasteiger partial charge in [0.05, 0.1) is 18.9 Å². The van der Waals surface area contributed by atoms with Gasteiger partial charge >= 0.3 is 0 Å². The average molecular weight is 500 g/mol. The van der Waals surface area contributed by atoms with Crippen LogP contribution in [0.25, 0.3) is 11.1 Å². The molecule has 3 aliphatic rings. The molecule has 5 rings (SSSR count). The maximum Gasteiger partial charge on any atom is 0.218 e. The third-order valence-corrected chi connectivity index (χ3v) is 10.7. The van der Waals surface area contributed by atoms with Gasteiger partial charge in [-0.15, -0.1) is 0 Å². The molecule has 1 heterocycles. The molecule has 0 aromatic heterocycles. The van der Waals surface area contributed by atoms with E-state index in [1.807, 2.05) is 4.90 Å². The van der Waals surface area contributed by atoms with Gasteiger partial charge in [-0.25, -0.2) is 4.99 Å². The molecular weight excluding hydrogens is 454 g/mol. The molecule has 1 saturated heterocycles. The van der Waals surface area contributed by atoms with Crippen LogP contribution in [-0.4, -0.2) is 42.9 Å². The fourth-order valence-electron chi connectivity index (χ4n) is 6.92. The smallest absolute Gasteiger partial charge is 0.218 e. The lowest BCUT2D eigenvalue weighted by molar-refractivity contribution is 0.0672. The predicted molar refractivity (Wildman–Crippen MR) is 155 cm³/mol. The highest BCUT2D eigenvalue weighted by Crippen LogP contribution is 2.63. The summed E-state index contributed by atoms with van der Waals surface area (Å²) in [5, 5.41) is 8.66. The minimum atomic E-state index is -0.0948. The monoisotopic (exact) mass is 499 g/mol. The van der Waals surface area contributed by atoms with E-state index in [1.54, 1.807) is 0 Å². The van der Waals surface area contributed by atoms with Crippen molar-refractivity contribution < 1.29 is 4.74 Å². The number of aliphatic imine (C=N–C) groups is 1. The molecule has 1 fully saturated rings. The first-order valence-corrected chi connectivity index (χ1v) is 14.0. The van der Waals surface area contributed by atoms with Gasteiger partial charge in [-0.05, 0) is 73.2 Å². The maximum absolute atomic E-state index is 8.66. The van der Waals surface area contributed by atoms with E-state index in [-0.39, 0.29) is 27.6 Å². The molecule has 4 heteroatoms. The Balaban J connectivity index is 1.61. The summed E-state index contributed by atoms with van der Waals surface area (Å²) in [7, 11) is 0. The van der Waals surface area contributed by atoms with Crippen molar-refractivity contribution in [3.63, 3.8) is 0 Å². The Morgan fingerprint density at radius 1 is 0.811 bits per heavy atom. The van der Waals surface area contributed by atoms with Gasteiger partial charge in [-0.2, -0.15) is 0 Å². The molecule has 2 aromatic carbocycles. The zero-order valence-corrected chi connectivity index (χ0v) is 24.6. The second kappa shape index (κ2) is 8.27. The summed E-state index contributed by atoms with van der Waals surface area (Å²) in [4.78, 5) is 6.89. The summed E-state index contributed by atoms with van der Waals surface area (Å²) in [6, 6.07) is 11.9. The summed E-state index contributed by atoms with van der Waals surface area (Å²) < 4.78 is 5.47. The number of ether oxygens (including phenoxy) is 1. The Labute approximate surface area is 224 Å². The lowest BCUT2D eigenvalue weighted by Crippen LogP contribution is -2.42. The van der Waals surface area contributed by atoms with Crippen LogP contribution < -0.4 is 0 Å². The summed E-state index contributed by atoms with van der Waals surface area (Å²) in [6.07, 6.45) is 0. The van der Waals surface area contributed by atoms with Crippen molar-refractivity contribution in [2.24, 2.45) is 16.3 Å². The molecule has 0 atom stereocenters. The zero-order valence-electron chi connectivity index (χ0n) is 24.6. The van der Waals surface area contributed by atoms with Crippen LogP contribution in [0.1, 0.15) is 97.1 Å². The molecule has 0 amide bonds. The number of benzene rings is 2. The van der Waals surface area contributed by atoms with E-state index < -0.39 is 0 Å². The molecule has 2 aliphatic carbocycles. The second-order valence-electron chi connectivity index (χ2n) is 13.8. The van der Waals surface area contributed by atoms with Gasteiger partial charge in [0.25, 0.3) is 0 Å². The number of guanidine groups is 1. The van der Waals surface area contributed by atoms with Crippen molar-refractivity contribution in [3.05, 3.63) is 58.1 Å². The lowest BCUT2D eigenvalue weighted by atomic mass is 9.59. The van der Waals surface area contributed by atoms with E-state index in [0.717, 1.165) is 24.4 Å². The first-order chi connectivity index (χ1) is 17.1. The van der Waals surface area contributed by atoms with E-state index in [1.165, 1.54) is 33.4 Å². The number of fused-ring (bicyclic) bond motifs is 4. The number of nitrogens with zero attached hydrogens (tertiary/aromatic N) is 2. The van der Waals surface area contributed by atoms with Gasteiger partial charge in [0.1, 0.15) is 0 Å². The quantitative estimate of drug-likeness (QED) is 0.348. The first kappa shape index (κ1) is 26.2. The Morgan fingerprint density at radius 3 is 1.97 bits per heavy atom. The maximum atomic E-state index is 8.66. The van der Waals surface area contributed by atoms with Crippen molar-refractivity contribution in [2.75, 3.05) is 26.3 Å². The van der Waals surface area contributed by atoms with E-state index >= 15 is 0 Å². The van der Waals surface area contributed by atoms with Gasteiger partial charge in [0.15, 0.2) is 0 Å². The standard InChI is InChI=1S/C33H45N3O/c1-20(2)28(35-29(34)36-13-15-37-16-14-36)21-11-12-22-23-18-26-27(19-25(23)30(3,4)24(22)17-21)32(7,8)33(9,10)31(26,5)6/h11-12,17-20,34H,13-16H2,1-10H3. The van der Waals surface area contributed by atoms with Crippen LogP contribution in [0.2, 0.25) is 0 Å². The molecule has 4 nitrogen and oxygen atoms in total. The van der Waals surface area contributed by atoms with Crippen molar-refractivity contribution in [2.45, 2.75) is 85.5 Å². The highest BCUT2D eigenvalue weighted by Gasteiger charge is 2.57. The van der Waals surface area contributed by atoms with Crippen LogP contribution in [0.5, 0.6) is 0 Å². The molecule has 0 unspecified atom stereocenters. The van der Waals surface area contributed by atoms with Crippen LogP contribution in [0.15, 0.2) is 35.3 Å². The molecule has 0 saturated carbocycles. The largest absolute Gasteiger partial charge is 0.378 e. The average Bonchev–Trinajstić information content (AvgIpc) is 3.12. The summed E-state index contributed by atoms with van der Waals surface area (Å²) in [5.41, 5.74) is 10.9. The molecule has 0 radical (unpaired) electrons. The molecule has 1 aliphatic heterocycles. The van der Waals surface area contributed by atoms with E-state index in [0.29, 0.717) is 19.2 Å². The predicted octanol–water partition coefficient (Wildman–Crippen LogP) is 7.30. The van der Waals surface area contributed by atoms with Gasteiger partial charge in [-0.1, -0.05) is 87.4 Å². The zero-order chi connectivity index (χ0) is 27.1. The summed E-state index contributed by atoms with van der Waals surface area (Å²) in [6.45, 7) is 26.4. The Kier molecular flexibility index (Phi) is 5.85. The summed E-state index contributed by atoms with van der Waals surface area (Å²) >= 11 is 0. The molecule has 37 heavy (non-hydrogen) atoms. The number of rotatable bonds is 2. The topological polar surface area (TPSA) is 48.7 Å². The van der Waals surface area contributed by atoms with E-state index in [2.05, 4.69) is 99.6 Å². The number of morpholine rings is 1. The molecule has 1 N–H and O–H groups in total. The van der Waals surface area contributed by atoms with Crippen LogP contribution in [-0.2, 0) is 21.0 Å². The molecule has 2 aromatic rings. The normalized spacial score (nSPS) is 22.6. The first-order valence-electron chi connectivity index (χ1n) is 14.0. The van der Waals surface area contributed by atoms with Gasteiger partial charge < -0.3 is 9.64 Å². The Hall–Kier alpha value is -2.46. The highest BCUT2D eigenvalue weighted by molar-refractivity contribution is 6.08. The lowest BCUT2D eigenvalue weighted by Gasteiger charge is -2.44. The Morgan fingerprint density at radius 2 is 1.38 bits per heavy atom. The molecule has 0 spiro atoms. The van der Waals surface area contributed by atoms with Crippen LogP contribution in [0, 0.1) is 16.7 Å². The minimum absolute atomic E-state index is 0.0883. The fourth-order valence-corrected chi connectivity index (χ4v) is 6.92. The van der Waals surface area contributed by atoms with Crippen molar-refractivity contribution in [3.8, 4) is 11.1 Å². The van der Waals surface area contributed by atoms with Gasteiger partial charge in [0, 0.05) is 18.5 Å². The van der Waals surface area contributed by atoms with Crippen LogP contribution in [0.4, 0.5) is 0 Å².